The molecule has 4 heterocycles. The molecule has 1 atom stereocenters. The lowest BCUT2D eigenvalue weighted by Gasteiger charge is -2.41. The molecule has 0 saturated carbocycles. The van der Waals surface area contributed by atoms with E-state index in [9.17, 15) is 40.7 Å². The number of anilines is 1. The van der Waals surface area contributed by atoms with Crippen LogP contribution >= 0.6 is 0 Å². The van der Waals surface area contributed by atoms with Crippen LogP contribution in [-0.4, -0.2) is 115 Å². The fourth-order valence-electron chi connectivity index (χ4n) is 7.51. The summed E-state index contributed by atoms with van der Waals surface area (Å²) in [6.07, 6.45) is -9.97. The zero-order chi connectivity index (χ0) is 36.3. The smallest absolute Gasteiger partial charge is 0.416 e. The number of amides is 4. The normalized spacial score (nSPS) is 20.7. The number of fused-ring (bicyclic) bond motifs is 1. The van der Waals surface area contributed by atoms with E-state index in [-0.39, 0.29) is 45.7 Å². The van der Waals surface area contributed by atoms with E-state index in [1.807, 2.05) is 24.3 Å². The van der Waals surface area contributed by atoms with Crippen molar-refractivity contribution in [1.82, 2.24) is 24.9 Å². The Kier molecular flexibility index (Phi) is 11.0. The van der Waals surface area contributed by atoms with Gasteiger partial charge in [-0.2, -0.15) is 26.3 Å². The zero-order valence-electron chi connectivity index (χ0n) is 28.1. The largest absolute Gasteiger partial charge is 0.436 e. The second kappa shape index (κ2) is 15.3. The summed E-state index contributed by atoms with van der Waals surface area (Å²) in [5, 5.41) is 6.25. The van der Waals surface area contributed by atoms with Crippen molar-refractivity contribution in [1.29, 1.82) is 0 Å². The minimum Gasteiger partial charge on any atom is -0.436 e. The molecule has 4 aliphatic rings. The second-order valence-electron chi connectivity index (χ2n) is 13.6. The summed E-state index contributed by atoms with van der Waals surface area (Å²) in [7, 11) is 0. The number of carbonyl (C=O) groups excluding carboxylic acids is 3. The molecule has 16 heteroatoms. The van der Waals surface area contributed by atoms with E-state index in [0.717, 1.165) is 37.2 Å². The third-order valence-electron chi connectivity index (χ3n) is 10.3. The number of alkyl halides is 6. The maximum absolute atomic E-state index is 13.9. The van der Waals surface area contributed by atoms with Crippen LogP contribution in [0.15, 0.2) is 42.5 Å². The summed E-state index contributed by atoms with van der Waals surface area (Å²) in [5.41, 5.74) is -1.69. The number of benzene rings is 2. The highest BCUT2D eigenvalue weighted by Gasteiger charge is 2.39. The summed E-state index contributed by atoms with van der Waals surface area (Å²) in [6, 6.07) is 8.62. The molecule has 0 bridgehead atoms. The van der Waals surface area contributed by atoms with Crippen molar-refractivity contribution in [2.24, 2.45) is 0 Å². The minimum atomic E-state index is -5.07. The third kappa shape index (κ3) is 8.88. The van der Waals surface area contributed by atoms with E-state index in [4.69, 9.17) is 4.74 Å². The number of rotatable bonds is 6. The predicted octanol–water partition coefficient (Wildman–Crippen LogP) is 5.47. The molecular formula is C35H44F6N6O4. The lowest BCUT2D eigenvalue weighted by Crippen LogP contribution is -2.56. The van der Waals surface area contributed by atoms with Gasteiger partial charge in [0.2, 0.25) is 0 Å². The fraction of sp³-hybridized carbons (Fsp3) is 0.571. The summed E-state index contributed by atoms with van der Waals surface area (Å²) < 4.78 is 87.7. The number of carbonyl (C=O) groups is 3. The molecule has 4 amide bonds. The first-order chi connectivity index (χ1) is 24.3. The quantitative estimate of drug-likeness (QED) is 0.384. The van der Waals surface area contributed by atoms with E-state index in [1.54, 1.807) is 4.90 Å². The van der Waals surface area contributed by atoms with Crippen molar-refractivity contribution < 1.29 is 46.9 Å². The average molecular weight is 727 g/mol. The van der Waals surface area contributed by atoms with Gasteiger partial charge in [-0.05, 0) is 80.6 Å². The molecule has 4 aliphatic heterocycles. The van der Waals surface area contributed by atoms with Gasteiger partial charge in [-0.15, -0.1) is 0 Å². The van der Waals surface area contributed by atoms with Gasteiger partial charge in [-0.1, -0.05) is 18.2 Å². The first kappa shape index (κ1) is 36.7. The van der Waals surface area contributed by atoms with Gasteiger partial charge < -0.3 is 30.1 Å². The van der Waals surface area contributed by atoms with Crippen LogP contribution in [0.5, 0.6) is 0 Å². The predicted molar refractivity (Wildman–Crippen MR) is 177 cm³/mol. The maximum atomic E-state index is 13.9. The highest BCUT2D eigenvalue weighted by atomic mass is 19.4. The van der Waals surface area contributed by atoms with Gasteiger partial charge in [0.25, 0.3) is 5.91 Å². The standard InChI is InChI=1S/C35H42F6N6O4.H2/c36-34(37,38)25-19-23(20-26(22-25)35(39,40)41)21-30(31(48)45-17-15-44(16-18-45)27-5-10-42-11-6-27)51-33(50)46-12-8-28(9-13-46)47-14-7-24-3-1-2-4-29(24)43-32(47)49;/h1-4,19-20,22,27-28,30,42H,5-18,21H2,(H,43,49);1H/t30-;/m1./s1. The molecule has 0 aromatic heterocycles. The molecule has 3 saturated heterocycles. The van der Waals surface area contributed by atoms with Crippen LogP contribution < -0.4 is 10.6 Å². The Bertz CT molecular complexity index is 1540. The van der Waals surface area contributed by atoms with Crippen LogP contribution in [0.25, 0.3) is 0 Å². The number of nitrogens with one attached hydrogen (secondary N) is 2. The lowest BCUT2D eigenvalue weighted by molar-refractivity contribution is -0.143. The van der Waals surface area contributed by atoms with E-state index >= 15 is 0 Å². The Hall–Kier alpha value is -4.05. The second-order valence-corrected chi connectivity index (χ2v) is 13.6. The summed E-state index contributed by atoms with van der Waals surface area (Å²) in [4.78, 5) is 47.3. The van der Waals surface area contributed by atoms with Gasteiger partial charge >= 0.3 is 24.5 Å². The minimum absolute atomic E-state index is 0. The molecule has 2 aromatic rings. The van der Waals surface area contributed by atoms with Crippen LogP contribution in [-0.2, 0) is 34.7 Å². The number of halogens is 6. The van der Waals surface area contributed by atoms with Crippen molar-refractivity contribution >= 4 is 23.7 Å². The molecule has 10 nitrogen and oxygen atoms in total. The van der Waals surface area contributed by atoms with Gasteiger partial charge in [0, 0.05) is 71.4 Å². The molecule has 0 radical (unpaired) electrons. The van der Waals surface area contributed by atoms with Crippen LogP contribution in [0.4, 0.5) is 41.6 Å². The molecule has 0 spiro atoms. The number of hydrogen-bond acceptors (Lipinski definition) is 6. The van der Waals surface area contributed by atoms with Gasteiger partial charge in [-0.3, -0.25) is 9.69 Å². The molecule has 0 aliphatic carbocycles. The van der Waals surface area contributed by atoms with Gasteiger partial charge in [0.05, 0.1) is 11.1 Å². The van der Waals surface area contributed by atoms with E-state index in [0.29, 0.717) is 57.1 Å². The van der Waals surface area contributed by atoms with Gasteiger partial charge in [0.15, 0.2) is 6.10 Å². The number of hydrogen-bond donors (Lipinski definition) is 2. The SMILES string of the molecule is O=C(O[C@H](Cc1cc(C(F)(F)F)cc(C(F)(F)F)c1)C(=O)N1CCN(C2CCNCC2)CC1)N1CCC(N2CCc3ccccc3NC2=O)CC1.[HH]. The molecule has 0 unspecified atom stereocenters. The molecule has 2 N–H and O–H groups in total. The number of ether oxygens (including phenoxy) is 1. The molecule has 6 rings (SSSR count). The van der Waals surface area contributed by atoms with Crippen LogP contribution in [0.3, 0.4) is 0 Å². The Balaban J connectivity index is 0.00000523. The Labute approximate surface area is 293 Å². The van der Waals surface area contributed by atoms with Crippen LogP contribution in [0, 0.1) is 0 Å². The molecule has 3 fully saturated rings. The van der Waals surface area contributed by atoms with E-state index < -0.39 is 53.6 Å². The third-order valence-corrected chi connectivity index (χ3v) is 10.3. The number of likely N-dealkylation sites (tertiary alicyclic amines) is 1. The first-order valence-corrected chi connectivity index (χ1v) is 17.4. The number of urea groups is 1. The number of nitrogens with zero attached hydrogens (tertiary/aromatic N) is 4. The van der Waals surface area contributed by atoms with Gasteiger partial charge in [-0.25, -0.2) is 9.59 Å². The topological polar surface area (TPSA) is 97.5 Å². The highest BCUT2D eigenvalue weighted by molar-refractivity contribution is 5.91. The summed E-state index contributed by atoms with van der Waals surface area (Å²) >= 11 is 0. The van der Waals surface area contributed by atoms with E-state index in [2.05, 4.69) is 15.5 Å². The van der Waals surface area contributed by atoms with Gasteiger partial charge in [0.1, 0.15) is 0 Å². The number of piperidine rings is 2. The Morgan fingerprint density at radius 2 is 1.43 bits per heavy atom. The fourth-order valence-corrected chi connectivity index (χ4v) is 7.51. The highest BCUT2D eigenvalue weighted by Crippen LogP contribution is 2.37. The lowest BCUT2D eigenvalue weighted by atomic mass is 9.99. The van der Waals surface area contributed by atoms with Crippen molar-refractivity contribution in [3.05, 3.63) is 64.7 Å². The van der Waals surface area contributed by atoms with Crippen LogP contribution in [0.2, 0.25) is 0 Å². The molecule has 51 heavy (non-hydrogen) atoms. The Morgan fingerprint density at radius 1 is 0.804 bits per heavy atom. The van der Waals surface area contributed by atoms with E-state index in [1.165, 1.54) is 9.80 Å². The molecule has 2 aromatic carbocycles. The van der Waals surface area contributed by atoms with Crippen molar-refractivity contribution in [3.8, 4) is 0 Å². The average Bonchev–Trinajstić information content (AvgIpc) is 3.28. The summed E-state index contributed by atoms with van der Waals surface area (Å²) in [5.74, 6) is -0.671. The van der Waals surface area contributed by atoms with Crippen molar-refractivity contribution in [2.45, 2.75) is 69.1 Å². The monoisotopic (exact) mass is 726 g/mol. The van der Waals surface area contributed by atoms with Crippen molar-refractivity contribution in [2.75, 3.05) is 64.2 Å². The van der Waals surface area contributed by atoms with Crippen LogP contribution in [0.1, 0.15) is 49.4 Å². The summed E-state index contributed by atoms with van der Waals surface area (Å²) in [6.45, 7) is 4.25. The molecular weight excluding hydrogens is 682 g/mol. The first-order valence-electron chi connectivity index (χ1n) is 17.4. The number of para-hydroxylation sites is 1. The number of piperazine rings is 1. The zero-order valence-corrected chi connectivity index (χ0v) is 28.1. The maximum Gasteiger partial charge on any atom is 0.416 e. The Morgan fingerprint density at radius 3 is 2.06 bits per heavy atom. The van der Waals surface area contributed by atoms with Crippen molar-refractivity contribution in [3.63, 3.8) is 0 Å². The molecule has 280 valence electrons.